The average molecular weight is 330 g/mol. The number of nitrogens with zero attached hydrogens (tertiary/aromatic N) is 1. The molecule has 2 aliphatic heterocycles. The molecular formula is C19H26N2O3. The lowest BCUT2D eigenvalue weighted by Crippen LogP contribution is -2.46. The fourth-order valence-electron chi connectivity index (χ4n) is 3.59. The number of hydrogen-bond donors (Lipinski definition) is 1. The van der Waals surface area contributed by atoms with E-state index < -0.39 is 6.10 Å². The Morgan fingerprint density at radius 1 is 1.21 bits per heavy atom. The second-order valence-electron chi connectivity index (χ2n) is 6.77. The molecule has 5 heteroatoms. The van der Waals surface area contributed by atoms with E-state index in [1.54, 1.807) is 0 Å². The van der Waals surface area contributed by atoms with Crippen LogP contribution in [-0.4, -0.2) is 31.0 Å². The molecule has 0 bridgehead atoms. The molecule has 2 aliphatic rings. The zero-order chi connectivity index (χ0) is 16.9. The fourth-order valence-corrected chi connectivity index (χ4v) is 3.59. The molecule has 3 rings (SSSR count). The zero-order valence-electron chi connectivity index (χ0n) is 14.3. The van der Waals surface area contributed by atoms with Crippen LogP contribution in [0.1, 0.15) is 45.4 Å². The van der Waals surface area contributed by atoms with E-state index in [-0.39, 0.29) is 11.8 Å². The van der Waals surface area contributed by atoms with Crippen LogP contribution in [0.15, 0.2) is 24.3 Å². The standard InChI is InChI=1S/C19H26N2O3/c1-2-4-14-9-11-21(12-10-14)15-5-3-6-16(13-15)24-17-7-8-18(22)20-19(17)23/h3,5-6,13-14,17H,2,4,7-12H2,1H3,(H,20,22,23). The van der Waals surface area contributed by atoms with Crippen LogP contribution < -0.4 is 15.0 Å². The minimum atomic E-state index is -0.576. The lowest BCUT2D eigenvalue weighted by molar-refractivity contribution is -0.138. The summed E-state index contributed by atoms with van der Waals surface area (Å²) in [5, 5.41) is 2.33. The van der Waals surface area contributed by atoms with Gasteiger partial charge in [0, 0.05) is 37.7 Å². The third kappa shape index (κ3) is 4.08. The smallest absolute Gasteiger partial charge is 0.267 e. The highest BCUT2D eigenvalue weighted by Crippen LogP contribution is 2.28. The van der Waals surface area contributed by atoms with Crippen molar-refractivity contribution in [2.24, 2.45) is 5.92 Å². The number of rotatable bonds is 5. The summed E-state index contributed by atoms with van der Waals surface area (Å²) in [4.78, 5) is 25.4. The van der Waals surface area contributed by atoms with Crippen LogP contribution in [0.4, 0.5) is 5.69 Å². The summed E-state index contributed by atoms with van der Waals surface area (Å²) in [5.74, 6) is 0.993. The largest absolute Gasteiger partial charge is 0.481 e. The summed E-state index contributed by atoms with van der Waals surface area (Å²) >= 11 is 0. The molecule has 0 radical (unpaired) electrons. The van der Waals surface area contributed by atoms with Crippen molar-refractivity contribution in [2.45, 2.75) is 51.6 Å². The quantitative estimate of drug-likeness (QED) is 0.844. The van der Waals surface area contributed by atoms with Gasteiger partial charge >= 0.3 is 0 Å². The molecule has 130 valence electrons. The molecule has 0 saturated carbocycles. The molecule has 1 N–H and O–H groups in total. The number of piperidine rings is 2. The summed E-state index contributed by atoms with van der Waals surface area (Å²) < 4.78 is 5.82. The predicted octanol–water partition coefficient (Wildman–Crippen LogP) is 2.89. The first-order valence-corrected chi connectivity index (χ1v) is 9.01. The van der Waals surface area contributed by atoms with Gasteiger partial charge in [-0.25, -0.2) is 0 Å². The number of hydrogen-bond acceptors (Lipinski definition) is 4. The SMILES string of the molecule is CCCC1CCN(c2cccc(OC3CCC(=O)NC3=O)c2)CC1. The molecule has 2 heterocycles. The third-order valence-corrected chi connectivity index (χ3v) is 4.96. The molecule has 1 aromatic rings. The summed E-state index contributed by atoms with van der Waals surface area (Å²) in [6.07, 6.45) is 5.27. The number of carbonyl (C=O) groups excluding carboxylic acids is 2. The predicted molar refractivity (Wildman–Crippen MR) is 93.1 cm³/mol. The van der Waals surface area contributed by atoms with E-state index >= 15 is 0 Å². The Morgan fingerprint density at radius 3 is 2.71 bits per heavy atom. The Morgan fingerprint density at radius 2 is 2.00 bits per heavy atom. The number of imide groups is 1. The highest BCUT2D eigenvalue weighted by atomic mass is 16.5. The average Bonchev–Trinajstić information content (AvgIpc) is 2.59. The van der Waals surface area contributed by atoms with E-state index in [1.807, 2.05) is 18.2 Å². The summed E-state index contributed by atoms with van der Waals surface area (Å²) in [7, 11) is 0. The van der Waals surface area contributed by atoms with Crippen LogP contribution in [0, 0.1) is 5.92 Å². The summed E-state index contributed by atoms with van der Waals surface area (Å²) in [5.41, 5.74) is 1.15. The molecule has 2 amide bonds. The van der Waals surface area contributed by atoms with Crippen LogP contribution in [0.2, 0.25) is 0 Å². The van der Waals surface area contributed by atoms with Crippen molar-refractivity contribution in [2.75, 3.05) is 18.0 Å². The number of carbonyl (C=O) groups is 2. The fraction of sp³-hybridized carbons (Fsp3) is 0.579. The van der Waals surface area contributed by atoms with Gasteiger partial charge < -0.3 is 9.64 Å². The van der Waals surface area contributed by atoms with Gasteiger partial charge in [-0.05, 0) is 30.9 Å². The lowest BCUT2D eigenvalue weighted by atomic mass is 9.92. The van der Waals surface area contributed by atoms with Crippen LogP contribution in [0.5, 0.6) is 5.75 Å². The third-order valence-electron chi connectivity index (χ3n) is 4.96. The van der Waals surface area contributed by atoms with E-state index in [2.05, 4.69) is 23.2 Å². The van der Waals surface area contributed by atoms with Crippen LogP contribution >= 0.6 is 0 Å². The second kappa shape index (κ2) is 7.69. The molecule has 0 aliphatic carbocycles. The van der Waals surface area contributed by atoms with E-state index in [4.69, 9.17) is 4.74 Å². The lowest BCUT2D eigenvalue weighted by Gasteiger charge is -2.34. The van der Waals surface area contributed by atoms with Gasteiger partial charge in [0.1, 0.15) is 5.75 Å². The maximum atomic E-state index is 11.8. The van der Waals surface area contributed by atoms with Gasteiger partial charge in [-0.3, -0.25) is 14.9 Å². The first-order chi connectivity index (χ1) is 11.7. The van der Waals surface area contributed by atoms with E-state index in [9.17, 15) is 9.59 Å². The van der Waals surface area contributed by atoms with Gasteiger partial charge in [0.15, 0.2) is 6.10 Å². The topological polar surface area (TPSA) is 58.6 Å². The molecule has 0 aromatic heterocycles. The molecule has 24 heavy (non-hydrogen) atoms. The van der Waals surface area contributed by atoms with E-state index in [0.29, 0.717) is 18.6 Å². The summed E-state index contributed by atoms with van der Waals surface area (Å²) in [6.45, 7) is 4.40. The molecular weight excluding hydrogens is 304 g/mol. The minimum absolute atomic E-state index is 0.219. The van der Waals surface area contributed by atoms with Crippen molar-refractivity contribution < 1.29 is 14.3 Å². The molecule has 1 aromatic carbocycles. The summed E-state index contributed by atoms with van der Waals surface area (Å²) in [6, 6.07) is 7.94. The number of anilines is 1. The Bertz CT molecular complexity index is 594. The van der Waals surface area contributed by atoms with Crippen LogP contribution in [0.3, 0.4) is 0 Å². The van der Waals surface area contributed by atoms with Gasteiger partial charge in [0.2, 0.25) is 5.91 Å². The Balaban J connectivity index is 1.60. The van der Waals surface area contributed by atoms with Gasteiger partial charge in [0.05, 0.1) is 0 Å². The second-order valence-corrected chi connectivity index (χ2v) is 6.77. The van der Waals surface area contributed by atoms with Crippen molar-refractivity contribution >= 4 is 17.5 Å². The molecule has 2 fully saturated rings. The molecule has 1 unspecified atom stereocenters. The maximum absolute atomic E-state index is 11.8. The van der Waals surface area contributed by atoms with Crippen molar-refractivity contribution in [3.05, 3.63) is 24.3 Å². The Kier molecular flexibility index (Phi) is 5.38. The number of ether oxygens (including phenoxy) is 1. The van der Waals surface area contributed by atoms with E-state index in [1.165, 1.54) is 25.7 Å². The Hall–Kier alpha value is -2.04. The Labute approximate surface area is 143 Å². The minimum Gasteiger partial charge on any atom is -0.481 e. The van der Waals surface area contributed by atoms with Gasteiger partial charge in [0.25, 0.3) is 5.91 Å². The first-order valence-electron chi connectivity index (χ1n) is 9.01. The molecule has 2 saturated heterocycles. The van der Waals surface area contributed by atoms with Crippen molar-refractivity contribution in [3.8, 4) is 5.75 Å². The van der Waals surface area contributed by atoms with Crippen LogP contribution in [-0.2, 0) is 9.59 Å². The van der Waals surface area contributed by atoms with Crippen LogP contribution in [0.25, 0.3) is 0 Å². The maximum Gasteiger partial charge on any atom is 0.267 e. The number of benzene rings is 1. The number of nitrogens with one attached hydrogen (secondary N) is 1. The van der Waals surface area contributed by atoms with Gasteiger partial charge in [-0.1, -0.05) is 25.8 Å². The highest BCUT2D eigenvalue weighted by molar-refractivity contribution is 5.99. The first kappa shape index (κ1) is 16.8. The zero-order valence-corrected chi connectivity index (χ0v) is 14.3. The normalized spacial score (nSPS) is 22.4. The van der Waals surface area contributed by atoms with Crippen molar-refractivity contribution in [1.29, 1.82) is 0 Å². The molecule has 0 spiro atoms. The molecule has 5 nitrogen and oxygen atoms in total. The number of amides is 2. The van der Waals surface area contributed by atoms with Crippen molar-refractivity contribution in [1.82, 2.24) is 5.32 Å². The monoisotopic (exact) mass is 330 g/mol. The molecule has 1 atom stereocenters. The van der Waals surface area contributed by atoms with Gasteiger partial charge in [-0.15, -0.1) is 0 Å². The van der Waals surface area contributed by atoms with E-state index in [0.717, 1.165) is 24.7 Å². The van der Waals surface area contributed by atoms with Gasteiger partial charge in [-0.2, -0.15) is 0 Å². The highest BCUT2D eigenvalue weighted by Gasteiger charge is 2.28. The van der Waals surface area contributed by atoms with Crippen molar-refractivity contribution in [3.63, 3.8) is 0 Å².